The number of piperazine rings is 1. The molecule has 1 N–H and O–H groups in total. The smallest absolute Gasteiger partial charge is 0.123 e. The Labute approximate surface area is 103 Å². The first-order valence-corrected chi connectivity index (χ1v) is 6.37. The standard InChI is InChI=1S/C14H21FN2/c1-11-10-17(8-7-16-11)12(2)9-13-3-5-14(15)6-4-13/h3-6,11-12,16H,7-10H2,1-2H3. The molecule has 1 aromatic rings. The molecule has 1 aromatic carbocycles. The van der Waals surface area contributed by atoms with Crippen LogP contribution >= 0.6 is 0 Å². The summed E-state index contributed by atoms with van der Waals surface area (Å²) in [7, 11) is 0. The van der Waals surface area contributed by atoms with Gasteiger partial charge in [0.25, 0.3) is 0 Å². The van der Waals surface area contributed by atoms with E-state index in [4.69, 9.17) is 0 Å². The second-order valence-corrected chi connectivity index (χ2v) is 5.03. The lowest BCUT2D eigenvalue weighted by molar-refractivity contribution is 0.157. The molecular weight excluding hydrogens is 215 g/mol. The van der Waals surface area contributed by atoms with Gasteiger partial charge in [0.05, 0.1) is 0 Å². The highest BCUT2D eigenvalue weighted by atomic mass is 19.1. The van der Waals surface area contributed by atoms with Gasteiger partial charge in [-0.05, 0) is 38.0 Å². The van der Waals surface area contributed by atoms with Crippen molar-refractivity contribution in [2.75, 3.05) is 19.6 Å². The van der Waals surface area contributed by atoms with E-state index < -0.39 is 0 Å². The van der Waals surface area contributed by atoms with Gasteiger partial charge in [-0.3, -0.25) is 4.90 Å². The zero-order valence-corrected chi connectivity index (χ0v) is 10.6. The molecule has 17 heavy (non-hydrogen) atoms. The minimum Gasteiger partial charge on any atom is -0.312 e. The first kappa shape index (κ1) is 12.5. The van der Waals surface area contributed by atoms with E-state index in [0.29, 0.717) is 12.1 Å². The molecule has 1 heterocycles. The van der Waals surface area contributed by atoms with Crippen molar-refractivity contribution < 1.29 is 4.39 Å². The minimum absolute atomic E-state index is 0.155. The van der Waals surface area contributed by atoms with Crippen LogP contribution < -0.4 is 5.32 Å². The second-order valence-electron chi connectivity index (χ2n) is 5.03. The molecule has 0 bridgehead atoms. The summed E-state index contributed by atoms with van der Waals surface area (Å²) < 4.78 is 12.8. The lowest BCUT2D eigenvalue weighted by atomic mass is 10.0. The zero-order chi connectivity index (χ0) is 12.3. The Morgan fingerprint density at radius 1 is 1.41 bits per heavy atom. The molecular formula is C14H21FN2. The fraction of sp³-hybridized carbons (Fsp3) is 0.571. The maximum absolute atomic E-state index is 12.8. The molecule has 0 radical (unpaired) electrons. The summed E-state index contributed by atoms with van der Waals surface area (Å²) in [6, 6.07) is 7.95. The van der Waals surface area contributed by atoms with Gasteiger partial charge in [-0.2, -0.15) is 0 Å². The summed E-state index contributed by atoms with van der Waals surface area (Å²) >= 11 is 0. The van der Waals surface area contributed by atoms with Gasteiger partial charge in [0, 0.05) is 31.7 Å². The highest BCUT2D eigenvalue weighted by Crippen LogP contribution is 2.11. The summed E-state index contributed by atoms with van der Waals surface area (Å²) in [5.41, 5.74) is 1.21. The van der Waals surface area contributed by atoms with Crippen molar-refractivity contribution in [3.63, 3.8) is 0 Å². The van der Waals surface area contributed by atoms with E-state index >= 15 is 0 Å². The van der Waals surface area contributed by atoms with E-state index in [1.54, 1.807) is 12.1 Å². The molecule has 1 saturated heterocycles. The number of nitrogens with one attached hydrogen (secondary N) is 1. The summed E-state index contributed by atoms with van der Waals surface area (Å²) in [5.74, 6) is -0.155. The van der Waals surface area contributed by atoms with E-state index in [1.165, 1.54) is 5.56 Å². The number of rotatable bonds is 3. The molecule has 0 aliphatic carbocycles. The summed E-state index contributed by atoms with van der Waals surface area (Å²) in [6.45, 7) is 7.74. The maximum atomic E-state index is 12.8. The van der Waals surface area contributed by atoms with Crippen LogP contribution in [-0.2, 0) is 6.42 Å². The minimum atomic E-state index is -0.155. The maximum Gasteiger partial charge on any atom is 0.123 e. The molecule has 2 atom stereocenters. The van der Waals surface area contributed by atoms with Gasteiger partial charge in [0.15, 0.2) is 0 Å². The molecule has 1 fully saturated rings. The summed E-state index contributed by atoms with van der Waals surface area (Å²) in [6.07, 6.45) is 0.993. The second kappa shape index (κ2) is 5.61. The SMILES string of the molecule is CC1CN(C(C)Cc2ccc(F)cc2)CCN1. The Morgan fingerprint density at radius 3 is 2.76 bits per heavy atom. The Balaban J connectivity index is 1.91. The van der Waals surface area contributed by atoms with Crippen molar-refractivity contribution in [1.29, 1.82) is 0 Å². The predicted molar refractivity (Wildman–Crippen MR) is 68.6 cm³/mol. The average molecular weight is 236 g/mol. The fourth-order valence-electron chi connectivity index (χ4n) is 2.45. The van der Waals surface area contributed by atoms with Crippen LogP contribution in [0.25, 0.3) is 0 Å². The van der Waals surface area contributed by atoms with Crippen molar-refractivity contribution in [1.82, 2.24) is 10.2 Å². The van der Waals surface area contributed by atoms with Crippen LogP contribution in [0.15, 0.2) is 24.3 Å². The average Bonchev–Trinajstić information content (AvgIpc) is 2.32. The molecule has 0 aromatic heterocycles. The molecule has 2 unspecified atom stereocenters. The normalized spacial score (nSPS) is 23.6. The number of benzene rings is 1. The third-order valence-corrected chi connectivity index (χ3v) is 3.47. The van der Waals surface area contributed by atoms with Crippen LogP contribution in [-0.4, -0.2) is 36.6 Å². The molecule has 0 spiro atoms. The van der Waals surface area contributed by atoms with Crippen LogP contribution in [0, 0.1) is 5.82 Å². The Hall–Kier alpha value is -0.930. The van der Waals surface area contributed by atoms with Crippen molar-refractivity contribution in [2.45, 2.75) is 32.4 Å². The van der Waals surface area contributed by atoms with Gasteiger partial charge in [-0.25, -0.2) is 4.39 Å². The monoisotopic (exact) mass is 236 g/mol. The van der Waals surface area contributed by atoms with Crippen molar-refractivity contribution in [3.8, 4) is 0 Å². The van der Waals surface area contributed by atoms with E-state index in [2.05, 4.69) is 24.1 Å². The largest absolute Gasteiger partial charge is 0.312 e. The highest BCUT2D eigenvalue weighted by Gasteiger charge is 2.20. The van der Waals surface area contributed by atoms with Gasteiger partial charge in [-0.15, -0.1) is 0 Å². The van der Waals surface area contributed by atoms with Crippen LogP contribution in [0.5, 0.6) is 0 Å². The van der Waals surface area contributed by atoms with E-state index in [0.717, 1.165) is 26.1 Å². The lowest BCUT2D eigenvalue weighted by Crippen LogP contribution is -2.52. The molecule has 0 saturated carbocycles. The van der Waals surface area contributed by atoms with Crippen LogP contribution in [0.3, 0.4) is 0 Å². The zero-order valence-electron chi connectivity index (χ0n) is 10.6. The Kier molecular flexibility index (Phi) is 4.13. The number of nitrogens with zero attached hydrogens (tertiary/aromatic N) is 1. The van der Waals surface area contributed by atoms with Gasteiger partial charge >= 0.3 is 0 Å². The Morgan fingerprint density at radius 2 is 2.12 bits per heavy atom. The van der Waals surface area contributed by atoms with Crippen molar-refractivity contribution >= 4 is 0 Å². The van der Waals surface area contributed by atoms with Gasteiger partial charge < -0.3 is 5.32 Å². The van der Waals surface area contributed by atoms with E-state index in [1.807, 2.05) is 12.1 Å². The van der Waals surface area contributed by atoms with Gasteiger partial charge in [0.1, 0.15) is 5.82 Å². The third kappa shape index (κ3) is 3.51. The van der Waals surface area contributed by atoms with Crippen molar-refractivity contribution in [3.05, 3.63) is 35.6 Å². The molecule has 1 aliphatic rings. The van der Waals surface area contributed by atoms with Crippen LogP contribution in [0.1, 0.15) is 19.4 Å². The molecule has 94 valence electrons. The summed E-state index contributed by atoms with van der Waals surface area (Å²) in [5, 5.41) is 3.45. The quantitative estimate of drug-likeness (QED) is 0.864. The Bertz CT molecular complexity index is 350. The number of hydrogen-bond acceptors (Lipinski definition) is 2. The molecule has 2 rings (SSSR count). The van der Waals surface area contributed by atoms with Crippen molar-refractivity contribution in [2.24, 2.45) is 0 Å². The summed E-state index contributed by atoms with van der Waals surface area (Å²) in [4.78, 5) is 2.50. The molecule has 2 nitrogen and oxygen atoms in total. The third-order valence-electron chi connectivity index (χ3n) is 3.47. The van der Waals surface area contributed by atoms with Gasteiger partial charge in [-0.1, -0.05) is 12.1 Å². The van der Waals surface area contributed by atoms with Gasteiger partial charge in [0.2, 0.25) is 0 Å². The van der Waals surface area contributed by atoms with E-state index in [-0.39, 0.29) is 5.82 Å². The number of halogens is 1. The number of hydrogen-bond donors (Lipinski definition) is 1. The van der Waals surface area contributed by atoms with E-state index in [9.17, 15) is 4.39 Å². The lowest BCUT2D eigenvalue weighted by Gasteiger charge is -2.36. The van der Waals surface area contributed by atoms with Crippen LogP contribution in [0.4, 0.5) is 4.39 Å². The molecule has 3 heteroatoms. The topological polar surface area (TPSA) is 15.3 Å². The van der Waals surface area contributed by atoms with Crippen LogP contribution in [0.2, 0.25) is 0 Å². The first-order chi connectivity index (χ1) is 8.15. The first-order valence-electron chi connectivity index (χ1n) is 6.37. The molecule has 0 amide bonds. The predicted octanol–water partition coefficient (Wildman–Crippen LogP) is 2.05. The highest BCUT2D eigenvalue weighted by molar-refractivity contribution is 5.17. The fourth-order valence-corrected chi connectivity index (χ4v) is 2.45. The molecule has 1 aliphatic heterocycles.